The third-order valence-corrected chi connectivity index (χ3v) is 2.85. The number of rotatable bonds is 1. The van der Waals surface area contributed by atoms with Crippen molar-refractivity contribution < 1.29 is 4.55 Å². The molecule has 11 heavy (non-hydrogen) atoms. The van der Waals surface area contributed by atoms with Gasteiger partial charge in [0.2, 0.25) is 0 Å². The quantitative estimate of drug-likeness (QED) is 0.684. The van der Waals surface area contributed by atoms with Crippen molar-refractivity contribution in [2.24, 2.45) is 0 Å². The van der Waals surface area contributed by atoms with Crippen molar-refractivity contribution in [3.05, 3.63) is 10.8 Å². The summed E-state index contributed by atoms with van der Waals surface area (Å²) in [5, 5.41) is 4.45. The van der Waals surface area contributed by atoms with Crippen LogP contribution in [0.15, 0.2) is 15.9 Å². The molecular weight excluding hydrogens is 180 g/mol. The van der Waals surface area contributed by atoms with Gasteiger partial charge in [0.25, 0.3) is 0 Å². The first kappa shape index (κ1) is 7.15. The molecule has 0 aliphatic rings. The van der Waals surface area contributed by atoms with Gasteiger partial charge in [-0.05, 0) is 0 Å². The summed E-state index contributed by atoms with van der Waals surface area (Å²) in [7, 11) is 0. The second kappa shape index (κ2) is 2.51. The molecule has 1 atom stereocenters. The first-order valence-electron chi connectivity index (χ1n) is 3.03. The Balaban J connectivity index is 2.58. The van der Waals surface area contributed by atoms with Gasteiger partial charge in [-0.25, -0.2) is 0 Å². The summed E-state index contributed by atoms with van der Waals surface area (Å²) in [5.41, 5.74) is 1.88. The lowest BCUT2D eigenvalue weighted by molar-refractivity contribution is 0.594. The van der Waals surface area contributed by atoms with Gasteiger partial charge in [0.15, 0.2) is 0 Å². The number of imidazole rings is 1. The largest absolute Gasteiger partial charge is 0.609 e. The van der Waals surface area contributed by atoms with Crippen molar-refractivity contribution >= 4 is 33.5 Å². The highest BCUT2D eigenvalue weighted by atomic mass is 32.2. The van der Waals surface area contributed by atoms with E-state index in [1.807, 2.05) is 10.8 Å². The minimum Gasteiger partial charge on any atom is -0.609 e. The Hall–Kier alpha value is -0.520. The number of aromatic nitrogens is 2. The monoisotopic (exact) mass is 186 g/mol. The third kappa shape index (κ3) is 1.15. The van der Waals surface area contributed by atoms with E-state index in [9.17, 15) is 4.55 Å². The zero-order valence-electron chi connectivity index (χ0n) is 5.83. The van der Waals surface area contributed by atoms with Crippen LogP contribution in [0.2, 0.25) is 0 Å². The Morgan fingerprint density at radius 1 is 1.64 bits per heavy atom. The van der Waals surface area contributed by atoms with Gasteiger partial charge in [-0.1, -0.05) is 0 Å². The summed E-state index contributed by atoms with van der Waals surface area (Å²) in [5.74, 6) is 0. The maximum absolute atomic E-state index is 10.9. The fraction of sp³-hybridized carbons (Fsp3) is 0.167. The van der Waals surface area contributed by atoms with Crippen molar-refractivity contribution in [2.45, 2.75) is 5.16 Å². The van der Waals surface area contributed by atoms with Crippen LogP contribution in [0.4, 0.5) is 0 Å². The molecule has 1 N–H and O–H groups in total. The van der Waals surface area contributed by atoms with E-state index in [1.165, 1.54) is 0 Å². The van der Waals surface area contributed by atoms with Gasteiger partial charge in [0.05, 0.1) is 5.52 Å². The first-order valence-corrected chi connectivity index (χ1v) is 5.53. The average Bonchev–Trinajstić information content (AvgIpc) is 2.40. The highest BCUT2D eigenvalue weighted by molar-refractivity contribution is 7.90. The molecule has 0 amide bonds. The van der Waals surface area contributed by atoms with E-state index in [4.69, 9.17) is 0 Å². The molecule has 2 rings (SSSR count). The van der Waals surface area contributed by atoms with Gasteiger partial charge < -0.3 is 4.55 Å². The molecule has 58 valence electrons. The molecular formula is C6H6N2OS2. The van der Waals surface area contributed by atoms with E-state index in [0.29, 0.717) is 5.16 Å². The number of nitrogens with zero attached hydrogens (tertiary/aromatic N) is 1. The molecule has 3 nitrogen and oxygen atoms in total. The van der Waals surface area contributed by atoms with Gasteiger partial charge in [-0.3, -0.25) is 4.98 Å². The number of aromatic amines is 1. The normalized spacial score (nSPS) is 14.0. The lowest BCUT2D eigenvalue weighted by atomic mass is 10.5. The lowest BCUT2D eigenvalue weighted by Gasteiger charge is -1.95. The molecule has 5 heteroatoms. The van der Waals surface area contributed by atoms with Crippen LogP contribution in [0.1, 0.15) is 0 Å². The Labute approximate surface area is 70.6 Å². The maximum Gasteiger partial charge on any atom is 0.321 e. The molecule has 1 unspecified atom stereocenters. The summed E-state index contributed by atoms with van der Waals surface area (Å²) in [6, 6.07) is 0. The molecule has 2 heterocycles. The number of thiophene rings is 1. The molecule has 0 spiro atoms. The number of fused-ring (bicyclic) bond motifs is 1. The second-order valence-corrected chi connectivity index (χ2v) is 4.21. The van der Waals surface area contributed by atoms with Gasteiger partial charge in [0, 0.05) is 21.9 Å². The van der Waals surface area contributed by atoms with Crippen LogP contribution in [0.25, 0.3) is 11.0 Å². The number of hydrogen-bond acceptors (Lipinski definition) is 3. The number of hydrogen-bond donors (Lipinski definition) is 1. The van der Waals surface area contributed by atoms with Crippen molar-refractivity contribution in [2.75, 3.05) is 6.26 Å². The average molecular weight is 186 g/mol. The zero-order valence-corrected chi connectivity index (χ0v) is 7.46. The van der Waals surface area contributed by atoms with Crippen molar-refractivity contribution in [3.8, 4) is 0 Å². The molecule has 0 bridgehead atoms. The van der Waals surface area contributed by atoms with Crippen molar-refractivity contribution in [1.82, 2.24) is 9.97 Å². The predicted molar refractivity (Wildman–Crippen MR) is 46.3 cm³/mol. The van der Waals surface area contributed by atoms with Crippen LogP contribution < -0.4 is 0 Å². The minimum absolute atomic E-state index is 0.558. The van der Waals surface area contributed by atoms with E-state index in [2.05, 4.69) is 9.97 Å². The standard InChI is InChI=1S/C6H6N2OS2/c1-11(9)6-7-4-2-10-3-5(4)8-6/h2-3H,1H3,(H,7,8). The van der Waals surface area contributed by atoms with Crippen LogP contribution in [-0.4, -0.2) is 20.8 Å². The van der Waals surface area contributed by atoms with Crippen LogP contribution >= 0.6 is 11.3 Å². The van der Waals surface area contributed by atoms with Gasteiger partial charge in [-0.2, -0.15) is 4.98 Å². The van der Waals surface area contributed by atoms with Crippen LogP contribution in [-0.2, 0) is 11.2 Å². The molecule has 0 fully saturated rings. The summed E-state index contributed by atoms with van der Waals surface area (Å²) >= 11 is 0.585. The molecule has 0 aromatic carbocycles. The number of H-pyrrole nitrogens is 1. The molecule has 0 aliphatic heterocycles. The Morgan fingerprint density at radius 2 is 2.45 bits per heavy atom. The van der Waals surface area contributed by atoms with Crippen LogP contribution in [0, 0.1) is 0 Å². The van der Waals surface area contributed by atoms with E-state index in [-0.39, 0.29) is 0 Å². The summed E-state index contributed by atoms with van der Waals surface area (Å²) in [4.78, 5) is 7.10. The van der Waals surface area contributed by atoms with E-state index >= 15 is 0 Å². The summed E-state index contributed by atoms with van der Waals surface area (Å²) < 4.78 is 10.9. The molecule has 0 saturated heterocycles. The fourth-order valence-electron chi connectivity index (χ4n) is 0.859. The second-order valence-electron chi connectivity index (χ2n) is 2.17. The van der Waals surface area contributed by atoms with Gasteiger partial charge >= 0.3 is 5.16 Å². The van der Waals surface area contributed by atoms with Gasteiger partial charge in [-0.15, -0.1) is 11.3 Å². The molecule has 2 aromatic rings. The van der Waals surface area contributed by atoms with E-state index in [1.54, 1.807) is 17.6 Å². The third-order valence-electron chi connectivity index (χ3n) is 1.38. The van der Waals surface area contributed by atoms with E-state index < -0.39 is 11.2 Å². The van der Waals surface area contributed by atoms with Gasteiger partial charge in [0.1, 0.15) is 11.8 Å². The molecule has 0 radical (unpaired) electrons. The molecule has 2 aromatic heterocycles. The zero-order chi connectivity index (χ0) is 7.84. The first-order chi connectivity index (χ1) is 5.27. The highest BCUT2D eigenvalue weighted by Gasteiger charge is 2.10. The summed E-state index contributed by atoms with van der Waals surface area (Å²) in [6.07, 6.45) is 1.61. The number of nitrogens with one attached hydrogen (secondary N) is 1. The minimum atomic E-state index is -1.00. The molecule has 0 saturated carbocycles. The highest BCUT2D eigenvalue weighted by Crippen LogP contribution is 2.17. The Morgan fingerprint density at radius 3 is 3.09 bits per heavy atom. The smallest absolute Gasteiger partial charge is 0.321 e. The predicted octanol–water partition coefficient (Wildman–Crippen LogP) is 1.36. The van der Waals surface area contributed by atoms with Crippen molar-refractivity contribution in [1.29, 1.82) is 0 Å². The summed E-state index contributed by atoms with van der Waals surface area (Å²) in [6.45, 7) is 0. The Bertz CT molecular complexity index is 337. The maximum atomic E-state index is 10.9. The van der Waals surface area contributed by atoms with Crippen LogP contribution in [0.5, 0.6) is 0 Å². The SMILES string of the molecule is C[S+]([O-])c1nc2cscc2[nH]1. The van der Waals surface area contributed by atoms with Crippen molar-refractivity contribution in [3.63, 3.8) is 0 Å². The lowest BCUT2D eigenvalue weighted by Crippen LogP contribution is -1.98. The Kier molecular flexibility index (Phi) is 1.63. The molecule has 0 aliphatic carbocycles. The van der Waals surface area contributed by atoms with Crippen LogP contribution in [0.3, 0.4) is 0 Å². The van der Waals surface area contributed by atoms with E-state index in [0.717, 1.165) is 11.0 Å². The topological polar surface area (TPSA) is 51.7 Å². The fourth-order valence-corrected chi connectivity index (χ4v) is 2.03.